The van der Waals surface area contributed by atoms with Gasteiger partial charge in [0, 0.05) is 10.6 Å². The average Bonchev–Trinajstić information content (AvgIpc) is 2.91. The molecule has 1 atom stereocenters. The Morgan fingerprint density at radius 1 is 1.43 bits per heavy atom. The standard InChI is InChI=1S/C14H15ClN2O2S2/c1-8-10(3-2-4-13(8)21(16,18)19)17-11-5-6-12-9(11)7-14(15)20-12/h2-4,7,11,17H,5-6H2,1H3,(H2,16,18,19). The third-order valence-corrected chi connectivity index (χ3v) is 6.16. The van der Waals surface area contributed by atoms with Crippen LogP contribution in [0.25, 0.3) is 0 Å². The first-order valence-corrected chi connectivity index (χ1v) is 9.27. The monoisotopic (exact) mass is 342 g/mol. The largest absolute Gasteiger partial charge is 0.378 e. The molecule has 0 aliphatic heterocycles. The number of primary sulfonamides is 1. The number of fused-ring (bicyclic) bond motifs is 1. The SMILES string of the molecule is Cc1c(NC2CCc3sc(Cl)cc32)cccc1S(N)(=O)=O. The van der Waals surface area contributed by atoms with Gasteiger partial charge in [-0.3, -0.25) is 0 Å². The highest BCUT2D eigenvalue weighted by Crippen LogP contribution is 2.41. The van der Waals surface area contributed by atoms with Crippen molar-refractivity contribution in [1.82, 2.24) is 0 Å². The molecule has 1 aromatic carbocycles. The number of sulfonamides is 1. The molecule has 0 fully saturated rings. The van der Waals surface area contributed by atoms with Crippen LogP contribution in [-0.4, -0.2) is 8.42 Å². The molecule has 0 saturated heterocycles. The van der Waals surface area contributed by atoms with Crippen molar-refractivity contribution in [1.29, 1.82) is 0 Å². The number of benzene rings is 1. The number of anilines is 1. The van der Waals surface area contributed by atoms with E-state index in [0.29, 0.717) is 5.56 Å². The number of hydrogen-bond donors (Lipinski definition) is 2. The molecule has 0 saturated carbocycles. The summed E-state index contributed by atoms with van der Waals surface area (Å²) >= 11 is 7.67. The molecule has 1 aliphatic rings. The third kappa shape index (κ3) is 2.81. The summed E-state index contributed by atoms with van der Waals surface area (Å²) in [6.07, 6.45) is 1.98. The van der Waals surface area contributed by atoms with Crippen molar-refractivity contribution in [2.45, 2.75) is 30.7 Å². The summed E-state index contributed by atoms with van der Waals surface area (Å²) in [5.74, 6) is 0. The molecular weight excluding hydrogens is 328 g/mol. The van der Waals surface area contributed by atoms with Crippen molar-refractivity contribution >= 4 is 38.6 Å². The Hall–Kier alpha value is -1.08. The zero-order valence-electron chi connectivity index (χ0n) is 11.4. The molecule has 4 nitrogen and oxygen atoms in total. The quantitative estimate of drug-likeness (QED) is 0.897. The number of nitrogens with two attached hydrogens (primary N) is 1. The van der Waals surface area contributed by atoms with E-state index in [0.717, 1.165) is 22.9 Å². The van der Waals surface area contributed by atoms with Crippen LogP contribution in [0.1, 0.15) is 28.5 Å². The first-order chi connectivity index (χ1) is 9.86. The lowest BCUT2D eigenvalue weighted by Crippen LogP contribution is -2.15. The lowest BCUT2D eigenvalue weighted by molar-refractivity contribution is 0.597. The van der Waals surface area contributed by atoms with Crippen LogP contribution in [0.2, 0.25) is 4.34 Å². The van der Waals surface area contributed by atoms with E-state index in [2.05, 4.69) is 5.32 Å². The Labute approximate surface area is 133 Å². The number of rotatable bonds is 3. The van der Waals surface area contributed by atoms with E-state index in [9.17, 15) is 8.42 Å². The Balaban J connectivity index is 1.93. The molecule has 3 N–H and O–H groups in total. The number of halogens is 1. The van der Waals surface area contributed by atoms with Gasteiger partial charge in [-0.2, -0.15) is 0 Å². The fourth-order valence-electron chi connectivity index (χ4n) is 2.75. The van der Waals surface area contributed by atoms with Crippen LogP contribution in [-0.2, 0) is 16.4 Å². The van der Waals surface area contributed by atoms with Crippen molar-refractivity contribution < 1.29 is 8.42 Å². The molecule has 1 aromatic heterocycles. The van der Waals surface area contributed by atoms with E-state index in [4.69, 9.17) is 16.7 Å². The number of thiophene rings is 1. The van der Waals surface area contributed by atoms with Gasteiger partial charge < -0.3 is 5.32 Å². The summed E-state index contributed by atoms with van der Waals surface area (Å²) in [7, 11) is -3.71. The van der Waals surface area contributed by atoms with Gasteiger partial charge in [-0.1, -0.05) is 17.7 Å². The van der Waals surface area contributed by atoms with Gasteiger partial charge in [0.05, 0.1) is 15.3 Å². The maximum Gasteiger partial charge on any atom is 0.238 e. The van der Waals surface area contributed by atoms with Gasteiger partial charge in [-0.25, -0.2) is 13.6 Å². The minimum atomic E-state index is -3.71. The van der Waals surface area contributed by atoms with Gasteiger partial charge in [0.2, 0.25) is 10.0 Å². The van der Waals surface area contributed by atoms with Crippen LogP contribution in [0.4, 0.5) is 5.69 Å². The molecule has 1 aliphatic carbocycles. The first-order valence-electron chi connectivity index (χ1n) is 6.53. The highest BCUT2D eigenvalue weighted by molar-refractivity contribution is 7.89. The van der Waals surface area contributed by atoms with Gasteiger partial charge >= 0.3 is 0 Å². The van der Waals surface area contributed by atoms with Gasteiger partial charge in [-0.05, 0) is 49.1 Å². The second kappa shape index (κ2) is 5.28. The number of nitrogens with one attached hydrogen (secondary N) is 1. The first kappa shape index (κ1) is 14.8. The lowest BCUT2D eigenvalue weighted by atomic mass is 10.1. The van der Waals surface area contributed by atoms with Crippen LogP contribution >= 0.6 is 22.9 Å². The molecule has 21 heavy (non-hydrogen) atoms. The van der Waals surface area contributed by atoms with Gasteiger partial charge in [0.25, 0.3) is 0 Å². The minimum Gasteiger partial charge on any atom is -0.378 e. The zero-order chi connectivity index (χ0) is 15.2. The summed E-state index contributed by atoms with van der Waals surface area (Å²) in [4.78, 5) is 1.46. The minimum absolute atomic E-state index is 0.161. The zero-order valence-corrected chi connectivity index (χ0v) is 13.8. The van der Waals surface area contributed by atoms with E-state index in [-0.39, 0.29) is 10.9 Å². The predicted octanol–water partition coefficient (Wildman–Crippen LogP) is 3.46. The summed E-state index contributed by atoms with van der Waals surface area (Å²) < 4.78 is 24.0. The van der Waals surface area contributed by atoms with Crippen LogP contribution in [0.3, 0.4) is 0 Å². The average molecular weight is 343 g/mol. The van der Waals surface area contributed by atoms with Crippen molar-refractivity contribution in [2.75, 3.05) is 5.32 Å². The summed E-state index contributed by atoms with van der Waals surface area (Å²) in [6, 6.07) is 7.25. The van der Waals surface area contributed by atoms with Crippen LogP contribution in [0.15, 0.2) is 29.2 Å². The second-order valence-corrected chi connectivity index (χ2v) is 8.44. The Kier molecular flexibility index (Phi) is 3.73. The Morgan fingerprint density at radius 3 is 2.90 bits per heavy atom. The van der Waals surface area contributed by atoms with Crippen LogP contribution < -0.4 is 10.5 Å². The van der Waals surface area contributed by atoms with Crippen LogP contribution in [0.5, 0.6) is 0 Å². The molecule has 7 heteroatoms. The molecule has 1 heterocycles. The molecule has 0 bridgehead atoms. The normalized spacial score (nSPS) is 17.8. The second-order valence-electron chi connectivity index (χ2n) is 5.14. The highest BCUT2D eigenvalue weighted by Gasteiger charge is 2.26. The van der Waals surface area contributed by atoms with Crippen molar-refractivity contribution in [3.05, 3.63) is 44.6 Å². The van der Waals surface area contributed by atoms with Crippen LogP contribution in [0, 0.1) is 6.92 Å². The topological polar surface area (TPSA) is 72.2 Å². The third-order valence-electron chi connectivity index (χ3n) is 3.77. The smallest absolute Gasteiger partial charge is 0.238 e. The van der Waals surface area contributed by atoms with Crippen molar-refractivity contribution in [3.8, 4) is 0 Å². The number of aryl methyl sites for hydroxylation is 1. The van der Waals surface area contributed by atoms with Gasteiger partial charge in [0.1, 0.15) is 0 Å². The predicted molar refractivity (Wildman–Crippen MR) is 86.6 cm³/mol. The fourth-order valence-corrected chi connectivity index (χ4v) is 4.91. The summed E-state index contributed by atoms with van der Waals surface area (Å²) in [5.41, 5.74) is 2.65. The summed E-state index contributed by atoms with van der Waals surface area (Å²) in [6.45, 7) is 1.76. The lowest BCUT2D eigenvalue weighted by Gasteiger charge is -2.18. The highest BCUT2D eigenvalue weighted by atomic mass is 35.5. The Morgan fingerprint density at radius 2 is 2.19 bits per heavy atom. The Bertz CT molecular complexity index is 799. The van der Waals surface area contributed by atoms with E-state index in [1.54, 1.807) is 24.3 Å². The fraction of sp³-hybridized carbons (Fsp3) is 0.286. The molecule has 2 aromatic rings. The van der Waals surface area contributed by atoms with Gasteiger partial charge in [0.15, 0.2) is 0 Å². The molecule has 0 radical (unpaired) electrons. The van der Waals surface area contributed by atoms with Crippen molar-refractivity contribution in [3.63, 3.8) is 0 Å². The van der Waals surface area contributed by atoms with E-state index >= 15 is 0 Å². The van der Waals surface area contributed by atoms with Crippen molar-refractivity contribution in [2.24, 2.45) is 5.14 Å². The van der Waals surface area contributed by atoms with E-state index in [1.807, 2.05) is 12.1 Å². The summed E-state index contributed by atoms with van der Waals surface area (Å²) in [5, 5.41) is 8.66. The number of hydrogen-bond acceptors (Lipinski definition) is 4. The maximum absolute atomic E-state index is 11.6. The molecule has 0 amide bonds. The maximum atomic E-state index is 11.6. The van der Waals surface area contributed by atoms with E-state index in [1.165, 1.54) is 16.5 Å². The molecule has 1 unspecified atom stereocenters. The molecular formula is C14H15ClN2O2S2. The molecule has 0 spiro atoms. The van der Waals surface area contributed by atoms with Gasteiger partial charge in [-0.15, -0.1) is 11.3 Å². The molecule has 3 rings (SSSR count). The molecule has 112 valence electrons. The van der Waals surface area contributed by atoms with E-state index < -0.39 is 10.0 Å².